The Balaban J connectivity index is 1.63. The molecular weight excluding hydrogens is 348 g/mol. The van der Waals surface area contributed by atoms with E-state index in [9.17, 15) is 10.1 Å². The number of imidazole rings is 1. The fourth-order valence-corrected chi connectivity index (χ4v) is 3.42. The van der Waals surface area contributed by atoms with E-state index >= 15 is 0 Å². The molecule has 0 amide bonds. The van der Waals surface area contributed by atoms with E-state index in [1.54, 1.807) is 24.7 Å². The Hall–Kier alpha value is -2.57. The summed E-state index contributed by atoms with van der Waals surface area (Å²) in [6, 6.07) is 0. The fraction of sp³-hybridized carbons (Fsp3) is 0.643. The second-order valence-electron chi connectivity index (χ2n) is 6.56. The van der Waals surface area contributed by atoms with Gasteiger partial charge in [-0.05, 0) is 20.3 Å². The molecule has 0 radical (unpaired) electrons. The Morgan fingerprint density at radius 3 is 2.88 bits per heavy atom. The van der Waals surface area contributed by atoms with E-state index in [1.807, 2.05) is 0 Å². The zero-order valence-corrected chi connectivity index (χ0v) is 14.1. The molecule has 2 aliphatic rings. The van der Waals surface area contributed by atoms with Crippen LogP contribution in [0.3, 0.4) is 0 Å². The summed E-state index contributed by atoms with van der Waals surface area (Å²) in [5, 5.41) is 9.55. The van der Waals surface area contributed by atoms with Crippen LogP contribution in [0.1, 0.15) is 26.5 Å². The molecule has 0 aromatic carbocycles. The van der Waals surface area contributed by atoms with E-state index < -0.39 is 35.4 Å². The van der Waals surface area contributed by atoms with Crippen LogP contribution in [0.4, 0.5) is 5.82 Å². The minimum Gasteiger partial charge on any atom is -0.382 e. The lowest BCUT2D eigenvalue weighted by Crippen LogP contribution is -2.30. The highest BCUT2D eigenvalue weighted by Gasteiger charge is 2.55. The molecule has 26 heavy (non-hydrogen) atoms. The number of nitrogen functional groups attached to an aromatic ring is 1. The molecule has 12 heteroatoms. The van der Waals surface area contributed by atoms with Gasteiger partial charge in [0.1, 0.15) is 24.1 Å². The number of nitrogens with two attached hydrogens (primary N) is 1. The molecule has 0 saturated carbocycles. The van der Waals surface area contributed by atoms with Gasteiger partial charge in [-0.3, -0.25) is 4.57 Å². The third-order valence-electron chi connectivity index (χ3n) is 4.39. The van der Waals surface area contributed by atoms with Crippen molar-refractivity contribution < 1.29 is 24.1 Å². The Labute approximate surface area is 147 Å². The first kappa shape index (κ1) is 16.9. The Bertz CT molecular complexity index is 840. The highest BCUT2D eigenvalue weighted by atomic mass is 16.9. The van der Waals surface area contributed by atoms with E-state index in [0.717, 1.165) is 0 Å². The average molecular weight is 366 g/mol. The van der Waals surface area contributed by atoms with Crippen molar-refractivity contribution in [3.63, 3.8) is 0 Å². The van der Waals surface area contributed by atoms with Crippen LogP contribution in [-0.4, -0.2) is 55.3 Å². The maximum Gasteiger partial charge on any atom is 0.294 e. The first-order valence-corrected chi connectivity index (χ1v) is 8.07. The molecule has 2 aromatic heterocycles. The summed E-state index contributed by atoms with van der Waals surface area (Å²) in [6.07, 6.45) is 1.34. The predicted octanol–water partition coefficient (Wildman–Crippen LogP) is 0.424. The maximum absolute atomic E-state index is 10.4. The van der Waals surface area contributed by atoms with Gasteiger partial charge in [-0.2, -0.15) is 0 Å². The highest BCUT2D eigenvalue weighted by molar-refractivity contribution is 5.81. The van der Waals surface area contributed by atoms with Crippen molar-refractivity contribution in [3.05, 3.63) is 22.8 Å². The molecule has 0 aliphatic carbocycles. The summed E-state index contributed by atoms with van der Waals surface area (Å²) >= 11 is 0. The number of hydrogen-bond acceptors (Lipinski definition) is 10. The van der Waals surface area contributed by atoms with Gasteiger partial charge in [-0.25, -0.2) is 15.0 Å². The minimum absolute atomic E-state index is 0.100. The number of hydrogen-bond donors (Lipinski definition) is 1. The van der Waals surface area contributed by atoms with Crippen molar-refractivity contribution in [1.82, 2.24) is 19.5 Å². The predicted molar refractivity (Wildman–Crippen MR) is 85.0 cm³/mol. The molecule has 140 valence electrons. The van der Waals surface area contributed by atoms with Crippen molar-refractivity contribution >= 4 is 17.0 Å². The Morgan fingerprint density at radius 2 is 2.12 bits per heavy atom. The van der Waals surface area contributed by atoms with Gasteiger partial charge in [-0.15, -0.1) is 10.1 Å². The molecule has 2 saturated heterocycles. The highest BCUT2D eigenvalue weighted by Crippen LogP contribution is 2.44. The summed E-state index contributed by atoms with van der Waals surface area (Å²) in [7, 11) is 0. The number of anilines is 1. The minimum atomic E-state index is -0.830. The van der Waals surface area contributed by atoms with Gasteiger partial charge in [0.2, 0.25) is 0 Å². The second-order valence-corrected chi connectivity index (χ2v) is 6.56. The molecule has 2 fully saturated rings. The molecule has 4 rings (SSSR count). The van der Waals surface area contributed by atoms with E-state index in [1.165, 1.54) is 6.33 Å². The standard InChI is InChI=1S/C14H18N6O6/c1-14(2)25-9-7(3-4-23-20(21)22)24-13(10(9)26-14)19-6-18-8-11(15)16-5-17-12(8)19/h5-7,9-10,13H,3-4H2,1-2H3,(H2,15,16,17)/t7-,9-,10-,13-/m1/s1. The van der Waals surface area contributed by atoms with E-state index in [4.69, 9.17) is 19.9 Å². The van der Waals surface area contributed by atoms with E-state index in [0.29, 0.717) is 11.2 Å². The molecule has 4 atom stereocenters. The summed E-state index contributed by atoms with van der Waals surface area (Å²) < 4.78 is 19.7. The topological polar surface area (TPSA) is 150 Å². The number of ether oxygens (including phenoxy) is 3. The molecule has 0 unspecified atom stereocenters. The van der Waals surface area contributed by atoms with Crippen LogP contribution in [-0.2, 0) is 19.0 Å². The first-order valence-electron chi connectivity index (χ1n) is 8.07. The summed E-state index contributed by atoms with van der Waals surface area (Å²) in [4.78, 5) is 27.2. The first-order chi connectivity index (χ1) is 12.4. The lowest BCUT2D eigenvalue weighted by Gasteiger charge is -2.24. The number of nitrogens with zero attached hydrogens (tertiary/aromatic N) is 5. The van der Waals surface area contributed by atoms with Crippen LogP contribution in [0.5, 0.6) is 0 Å². The zero-order valence-electron chi connectivity index (χ0n) is 14.1. The fourth-order valence-electron chi connectivity index (χ4n) is 3.42. The number of aromatic nitrogens is 4. The lowest BCUT2D eigenvalue weighted by atomic mass is 10.1. The van der Waals surface area contributed by atoms with Crippen LogP contribution in [0.2, 0.25) is 0 Å². The normalized spacial score (nSPS) is 29.8. The van der Waals surface area contributed by atoms with Gasteiger partial charge in [0.25, 0.3) is 5.09 Å². The van der Waals surface area contributed by atoms with Gasteiger partial charge >= 0.3 is 0 Å². The quantitative estimate of drug-likeness (QED) is 0.582. The van der Waals surface area contributed by atoms with Gasteiger partial charge in [0.15, 0.2) is 23.5 Å². The molecular formula is C14H18N6O6. The van der Waals surface area contributed by atoms with Crippen molar-refractivity contribution in [2.75, 3.05) is 12.3 Å². The van der Waals surface area contributed by atoms with Crippen LogP contribution in [0.15, 0.2) is 12.7 Å². The van der Waals surface area contributed by atoms with Crippen LogP contribution < -0.4 is 5.73 Å². The molecule has 0 spiro atoms. The molecule has 12 nitrogen and oxygen atoms in total. The maximum atomic E-state index is 10.4. The third kappa shape index (κ3) is 2.81. The van der Waals surface area contributed by atoms with Crippen molar-refractivity contribution in [3.8, 4) is 0 Å². The third-order valence-corrected chi connectivity index (χ3v) is 4.39. The second kappa shape index (κ2) is 6.00. The van der Waals surface area contributed by atoms with Gasteiger partial charge in [0, 0.05) is 0 Å². The smallest absolute Gasteiger partial charge is 0.294 e. The summed E-state index contributed by atoms with van der Waals surface area (Å²) in [6.45, 7) is 3.51. The average Bonchev–Trinajstić information content (AvgIpc) is 3.20. The van der Waals surface area contributed by atoms with E-state index in [2.05, 4.69) is 19.8 Å². The van der Waals surface area contributed by atoms with Crippen molar-refractivity contribution in [2.24, 2.45) is 0 Å². The number of rotatable bonds is 5. The van der Waals surface area contributed by atoms with Crippen molar-refractivity contribution in [1.29, 1.82) is 0 Å². The number of fused-ring (bicyclic) bond motifs is 2. The Kier molecular flexibility index (Phi) is 3.89. The zero-order chi connectivity index (χ0) is 18.5. The monoisotopic (exact) mass is 366 g/mol. The molecule has 2 aliphatic heterocycles. The van der Waals surface area contributed by atoms with E-state index in [-0.39, 0.29) is 18.8 Å². The van der Waals surface area contributed by atoms with Gasteiger partial charge in [0.05, 0.1) is 19.0 Å². The molecule has 4 heterocycles. The van der Waals surface area contributed by atoms with Gasteiger partial charge in [-0.1, -0.05) is 0 Å². The van der Waals surface area contributed by atoms with Crippen LogP contribution in [0, 0.1) is 10.1 Å². The SMILES string of the molecule is CC1(C)O[C@@H]2[C@H](O1)[C@@H](CCO[N+](=O)[O-])O[C@H]2n1cnc2c(N)ncnc21. The summed E-state index contributed by atoms with van der Waals surface area (Å²) in [5.74, 6) is -0.535. The molecule has 0 bridgehead atoms. The van der Waals surface area contributed by atoms with Crippen LogP contribution >= 0.6 is 0 Å². The largest absolute Gasteiger partial charge is 0.382 e. The molecule has 2 aromatic rings. The van der Waals surface area contributed by atoms with Crippen LogP contribution in [0.25, 0.3) is 11.2 Å². The Morgan fingerprint density at radius 1 is 1.35 bits per heavy atom. The van der Waals surface area contributed by atoms with Crippen molar-refractivity contribution in [2.45, 2.75) is 50.6 Å². The molecule has 2 N–H and O–H groups in total. The summed E-state index contributed by atoms with van der Waals surface area (Å²) in [5.41, 5.74) is 6.81. The lowest BCUT2D eigenvalue weighted by molar-refractivity contribution is -0.758. The van der Waals surface area contributed by atoms with Gasteiger partial charge < -0.3 is 24.8 Å².